The smallest absolute Gasteiger partial charge is 0.123 e. The zero-order valence-electron chi connectivity index (χ0n) is 13.5. The van der Waals surface area contributed by atoms with E-state index in [4.69, 9.17) is 4.74 Å². The van der Waals surface area contributed by atoms with Gasteiger partial charge in [0.25, 0.3) is 0 Å². The molecule has 0 bridgehead atoms. The lowest BCUT2D eigenvalue weighted by molar-refractivity contribution is 0.166. The Morgan fingerprint density at radius 2 is 2.14 bits per heavy atom. The maximum atomic E-state index is 5.87. The van der Waals surface area contributed by atoms with Gasteiger partial charge in [-0.25, -0.2) is 0 Å². The van der Waals surface area contributed by atoms with Crippen molar-refractivity contribution in [2.24, 2.45) is 5.41 Å². The highest BCUT2D eigenvalue weighted by Gasteiger charge is 2.31. The molecule has 1 aliphatic rings. The lowest BCUT2D eigenvalue weighted by Gasteiger charge is -2.39. The van der Waals surface area contributed by atoms with Crippen LogP contribution in [0.4, 0.5) is 0 Å². The molecule has 0 aliphatic heterocycles. The molecule has 1 fully saturated rings. The average Bonchev–Trinajstić information content (AvgIpc) is 2.44. The molecule has 21 heavy (non-hydrogen) atoms. The van der Waals surface area contributed by atoms with Crippen molar-refractivity contribution in [1.29, 1.82) is 0 Å². The number of nitrogens with one attached hydrogen (secondary N) is 1. The first-order valence-corrected chi connectivity index (χ1v) is 8.97. The van der Waals surface area contributed by atoms with E-state index in [9.17, 15) is 0 Å². The normalized spacial score (nSPS) is 21.2. The second kappa shape index (κ2) is 7.64. The fraction of sp³-hybridized carbons (Fsp3) is 0.667. The van der Waals surface area contributed by atoms with E-state index in [0.717, 1.165) is 29.8 Å². The van der Waals surface area contributed by atoms with E-state index >= 15 is 0 Å². The van der Waals surface area contributed by atoms with Gasteiger partial charge in [-0.2, -0.15) is 0 Å². The Bertz CT molecular complexity index is 459. The summed E-state index contributed by atoms with van der Waals surface area (Å²) in [5, 5.41) is 3.77. The molecule has 2 nitrogen and oxygen atoms in total. The highest BCUT2D eigenvalue weighted by molar-refractivity contribution is 9.10. The summed E-state index contributed by atoms with van der Waals surface area (Å²) >= 11 is 3.57. The monoisotopic (exact) mass is 353 g/mol. The predicted molar refractivity (Wildman–Crippen MR) is 92.8 cm³/mol. The van der Waals surface area contributed by atoms with E-state index in [1.54, 1.807) is 0 Å². The summed E-state index contributed by atoms with van der Waals surface area (Å²) in [5.74, 6) is 1.01. The maximum Gasteiger partial charge on any atom is 0.123 e. The molecule has 2 rings (SSSR count). The Hall–Kier alpha value is -0.540. The summed E-state index contributed by atoms with van der Waals surface area (Å²) in [6.07, 6.45) is 6.36. The Morgan fingerprint density at radius 1 is 1.33 bits per heavy atom. The molecule has 0 aromatic heterocycles. The minimum atomic E-state index is 0.398. The van der Waals surface area contributed by atoms with Gasteiger partial charge >= 0.3 is 0 Å². The molecule has 3 heteroatoms. The van der Waals surface area contributed by atoms with E-state index in [1.807, 2.05) is 0 Å². The number of benzene rings is 1. The molecule has 1 N–H and O–H groups in total. The van der Waals surface area contributed by atoms with Crippen molar-refractivity contribution in [3.05, 3.63) is 28.2 Å². The molecule has 0 radical (unpaired) electrons. The van der Waals surface area contributed by atoms with Crippen molar-refractivity contribution in [2.75, 3.05) is 6.61 Å². The van der Waals surface area contributed by atoms with Crippen LogP contribution in [0, 0.1) is 5.41 Å². The van der Waals surface area contributed by atoms with Gasteiger partial charge in [0, 0.05) is 22.6 Å². The lowest BCUT2D eigenvalue weighted by atomic mass is 9.73. The van der Waals surface area contributed by atoms with Crippen LogP contribution >= 0.6 is 15.9 Å². The molecule has 0 heterocycles. The topological polar surface area (TPSA) is 21.3 Å². The average molecular weight is 354 g/mol. The molecule has 0 saturated heterocycles. The third-order valence-electron chi connectivity index (χ3n) is 4.53. The quantitative estimate of drug-likeness (QED) is 0.749. The molecule has 118 valence electrons. The Balaban J connectivity index is 2.02. The minimum absolute atomic E-state index is 0.398. The fourth-order valence-electron chi connectivity index (χ4n) is 3.14. The number of hydrogen-bond donors (Lipinski definition) is 1. The Labute approximate surface area is 137 Å². The van der Waals surface area contributed by atoms with Crippen molar-refractivity contribution in [3.63, 3.8) is 0 Å². The van der Waals surface area contributed by atoms with Gasteiger partial charge in [-0.3, -0.25) is 0 Å². The van der Waals surface area contributed by atoms with Crippen LogP contribution in [-0.2, 0) is 6.54 Å². The van der Waals surface area contributed by atoms with Crippen LogP contribution < -0.4 is 10.1 Å². The summed E-state index contributed by atoms with van der Waals surface area (Å²) in [5.41, 5.74) is 1.65. The third kappa shape index (κ3) is 4.72. The summed E-state index contributed by atoms with van der Waals surface area (Å²) in [6.45, 7) is 8.58. The number of hydrogen-bond acceptors (Lipinski definition) is 2. The Kier molecular flexibility index (Phi) is 6.12. The van der Waals surface area contributed by atoms with Crippen LogP contribution in [0.3, 0.4) is 0 Å². The van der Waals surface area contributed by atoms with E-state index in [1.165, 1.54) is 31.2 Å². The van der Waals surface area contributed by atoms with Gasteiger partial charge in [0.1, 0.15) is 5.75 Å². The van der Waals surface area contributed by atoms with Crippen LogP contribution in [-0.4, -0.2) is 12.6 Å². The predicted octanol–water partition coefficient (Wildman–Crippen LogP) is 5.30. The first-order chi connectivity index (χ1) is 10.0. The highest BCUT2D eigenvalue weighted by atomic mass is 79.9. The second-order valence-corrected chi connectivity index (χ2v) is 7.68. The second-order valence-electron chi connectivity index (χ2n) is 6.77. The van der Waals surface area contributed by atoms with Crippen molar-refractivity contribution >= 4 is 15.9 Å². The van der Waals surface area contributed by atoms with Crippen LogP contribution in [0.15, 0.2) is 22.7 Å². The van der Waals surface area contributed by atoms with E-state index in [0.29, 0.717) is 11.5 Å². The summed E-state index contributed by atoms with van der Waals surface area (Å²) in [7, 11) is 0. The largest absolute Gasteiger partial charge is 0.493 e. The molecule has 1 unspecified atom stereocenters. The number of halogens is 1. The van der Waals surface area contributed by atoms with Crippen molar-refractivity contribution in [2.45, 2.75) is 65.5 Å². The van der Waals surface area contributed by atoms with Crippen LogP contribution in [0.2, 0.25) is 0 Å². The van der Waals surface area contributed by atoms with Crippen molar-refractivity contribution in [1.82, 2.24) is 5.32 Å². The van der Waals surface area contributed by atoms with Gasteiger partial charge in [0.05, 0.1) is 6.61 Å². The molecule has 0 amide bonds. The number of rotatable bonds is 6. The van der Waals surface area contributed by atoms with Crippen molar-refractivity contribution < 1.29 is 4.74 Å². The third-order valence-corrected chi connectivity index (χ3v) is 5.02. The van der Waals surface area contributed by atoms with Crippen molar-refractivity contribution in [3.8, 4) is 5.75 Å². The molecular formula is C18H28BrNO. The zero-order chi connectivity index (χ0) is 15.3. The summed E-state index contributed by atoms with van der Waals surface area (Å²) < 4.78 is 6.99. The molecular weight excluding hydrogens is 326 g/mol. The van der Waals surface area contributed by atoms with Gasteiger partial charge in [-0.1, -0.05) is 49.5 Å². The highest BCUT2D eigenvalue weighted by Crippen LogP contribution is 2.36. The van der Waals surface area contributed by atoms with Gasteiger partial charge < -0.3 is 10.1 Å². The van der Waals surface area contributed by atoms with E-state index in [2.05, 4.69) is 60.2 Å². The number of ether oxygens (including phenoxy) is 1. The van der Waals surface area contributed by atoms with Gasteiger partial charge in [0.2, 0.25) is 0 Å². The standard InChI is InChI=1S/C18H28BrNO/c1-4-11-21-16-9-8-15(19)12-14(16)13-20-17-7-5-6-10-18(17,2)3/h8-9,12,17,20H,4-7,10-11,13H2,1-3H3. The summed E-state index contributed by atoms with van der Waals surface area (Å²) in [6, 6.07) is 6.90. The van der Waals surface area contributed by atoms with Gasteiger partial charge in [-0.15, -0.1) is 0 Å². The molecule has 1 atom stereocenters. The van der Waals surface area contributed by atoms with E-state index in [-0.39, 0.29) is 0 Å². The SMILES string of the molecule is CCCOc1ccc(Br)cc1CNC1CCCCC1(C)C. The lowest BCUT2D eigenvalue weighted by Crippen LogP contribution is -2.43. The fourth-order valence-corrected chi connectivity index (χ4v) is 3.55. The molecule has 0 spiro atoms. The summed E-state index contributed by atoms with van der Waals surface area (Å²) in [4.78, 5) is 0. The molecule has 1 aromatic carbocycles. The van der Waals surface area contributed by atoms with Crippen LogP contribution in [0.25, 0.3) is 0 Å². The molecule has 1 aromatic rings. The Morgan fingerprint density at radius 3 is 2.86 bits per heavy atom. The zero-order valence-corrected chi connectivity index (χ0v) is 15.1. The van der Waals surface area contributed by atoms with Gasteiger partial charge in [-0.05, 0) is 42.9 Å². The van der Waals surface area contributed by atoms with Gasteiger partial charge in [0.15, 0.2) is 0 Å². The first kappa shape index (κ1) is 16.8. The van der Waals surface area contributed by atoms with Crippen LogP contribution in [0.5, 0.6) is 5.75 Å². The maximum absolute atomic E-state index is 5.87. The van der Waals surface area contributed by atoms with E-state index < -0.39 is 0 Å². The first-order valence-electron chi connectivity index (χ1n) is 8.17. The minimum Gasteiger partial charge on any atom is -0.493 e. The van der Waals surface area contributed by atoms with Crippen LogP contribution in [0.1, 0.15) is 58.4 Å². The molecule has 1 aliphatic carbocycles. The molecule has 1 saturated carbocycles.